The Kier molecular flexibility index (Phi) is 4.04. The summed E-state index contributed by atoms with van der Waals surface area (Å²) in [6, 6.07) is 9.43. The normalized spacial score (nSPS) is 14.2. The third-order valence-electron chi connectivity index (χ3n) is 3.76. The number of hydrogen-bond donors (Lipinski definition) is 1. The second kappa shape index (κ2) is 6.13. The van der Waals surface area contributed by atoms with Gasteiger partial charge in [-0.2, -0.15) is 0 Å². The van der Waals surface area contributed by atoms with Gasteiger partial charge < -0.3 is 10.2 Å². The van der Waals surface area contributed by atoms with Crippen LogP contribution in [0.25, 0.3) is 0 Å². The molecule has 1 N–H and O–H groups in total. The molecular formula is C17H20N4O. The number of aryl methyl sites for hydroxylation is 2. The SMILES string of the molecule is Cc1cc(C)nc(Nc2ccc(C(=O)N3CCCC3)cc2)n1. The molecule has 1 saturated heterocycles. The quantitative estimate of drug-likeness (QED) is 0.945. The molecule has 5 nitrogen and oxygen atoms in total. The predicted molar refractivity (Wildman–Crippen MR) is 86.4 cm³/mol. The van der Waals surface area contributed by atoms with Gasteiger partial charge in [-0.05, 0) is 57.0 Å². The lowest BCUT2D eigenvalue weighted by atomic mass is 10.2. The maximum absolute atomic E-state index is 12.3. The lowest BCUT2D eigenvalue weighted by Crippen LogP contribution is -2.27. The van der Waals surface area contributed by atoms with Crippen molar-refractivity contribution in [1.29, 1.82) is 0 Å². The van der Waals surface area contributed by atoms with Crippen molar-refractivity contribution in [3.05, 3.63) is 47.3 Å². The Hall–Kier alpha value is -2.43. The minimum Gasteiger partial charge on any atom is -0.339 e. The van der Waals surface area contributed by atoms with Gasteiger partial charge in [-0.25, -0.2) is 9.97 Å². The zero-order valence-corrected chi connectivity index (χ0v) is 13.0. The number of rotatable bonds is 3. The second-order valence-corrected chi connectivity index (χ2v) is 5.68. The van der Waals surface area contributed by atoms with Crippen molar-refractivity contribution in [3.8, 4) is 0 Å². The third kappa shape index (κ3) is 3.24. The fourth-order valence-corrected chi connectivity index (χ4v) is 2.71. The summed E-state index contributed by atoms with van der Waals surface area (Å²) in [6.45, 7) is 5.62. The molecule has 1 aliphatic rings. The first-order valence-corrected chi connectivity index (χ1v) is 7.60. The fourth-order valence-electron chi connectivity index (χ4n) is 2.71. The Labute approximate surface area is 130 Å². The van der Waals surface area contributed by atoms with E-state index >= 15 is 0 Å². The summed E-state index contributed by atoms with van der Waals surface area (Å²) in [5.74, 6) is 0.697. The van der Waals surface area contributed by atoms with Crippen LogP contribution in [-0.2, 0) is 0 Å². The van der Waals surface area contributed by atoms with Gasteiger partial charge in [0.05, 0.1) is 0 Å². The lowest BCUT2D eigenvalue weighted by Gasteiger charge is -2.15. The van der Waals surface area contributed by atoms with Gasteiger partial charge in [0.25, 0.3) is 5.91 Å². The van der Waals surface area contributed by atoms with E-state index in [9.17, 15) is 4.79 Å². The number of aromatic nitrogens is 2. The molecule has 0 saturated carbocycles. The van der Waals surface area contributed by atoms with E-state index in [2.05, 4.69) is 15.3 Å². The van der Waals surface area contributed by atoms with Gasteiger partial charge in [0.15, 0.2) is 0 Å². The number of nitrogens with one attached hydrogen (secondary N) is 1. The maximum Gasteiger partial charge on any atom is 0.253 e. The highest BCUT2D eigenvalue weighted by Gasteiger charge is 2.19. The van der Waals surface area contributed by atoms with Gasteiger partial charge in [-0.3, -0.25) is 4.79 Å². The molecule has 1 aromatic carbocycles. The van der Waals surface area contributed by atoms with Gasteiger partial charge in [0.1, 0.15) is 0 Å². The van der Waals surface area contributed by atoms with Crippen molar-refractivity contribution in [1.82, 2.24) is 14.9 Å². The first kappa shape index (κ1) is 14.5. The van der Waals surface area contributed by atoms with Crippen molar-refractivity contribution in [2.45, 2.75) is 26.7 Å². The van der Waals surface area contributed by atoms with Crippen LogP contribution < -0.4 is 5.32 Å². The largest absolute Gasteiger partial charge is 0.339 e. The van der Waals surface area contributed by atoms with Crippen LogP contribution >= 0.6 is 0 Å². The van der Waals surface area contributed by atoms with Crippen LogP contribution in [-0.4, -0.2) is 33.9 Å². The number of carbonyl (C=O) groups excluding carboxylic acids is 1. The highest BCUT2D eigenvalue weighted by molar-refractivity contribution is 5.94. The first-order chi connectivity index (χ1) is 10.6. The highest BCUT2D eigenvalue weighted by Crippen LogP contribution is 2.17. The molecule has 0 aliphatic carbocycles. The molecule has 0 spiro atoms. The van der Waals surface area contributed by atoms with Crippen molar-refractivity contribution < 1.29 is 4.79 Å². The van der Waals surface area contributed by atoms with Gasteiger partial charge in [-0.1, -0.05) is 0 Å². The minimum atomic E-state index is 0.117. The molecule has 0 atom stereocenters. The van der Waals surface area contributed by atoms with E-state index in [0.717, 1.165) is 48.6 Å². The average molecular weight is 296 g/mol. The van der Waals surface area contributed by atoms with Crippen molar-refractivity contribution in [2.24, 2.45) is 0 Å². The van der Waals surface area contributed by atoms with E-state index in [4.69, 9.17) is 0 Å². The van der Waals surface area contributed by atoms with Gasteiger partial charge in [0.2, 0.25) is 5.95 Å². The van der Waals surface area contributed by atoms with Crippen molar-refractivity contribution >= 4 is 17.5 Å². The Bertz CT molecular complexity index is 655. The molecule has 2 heterocycles. The fraction of sp³-hybridized carbons (Fsp3) is 0.353. The summed E-state index contributed by atoms with van der Waals surface area (Å²) in [5.41, 5.74) is 3.46. The van der Waals surface area contributed by atoms with Crippen molar-refractivity contribution in [2.75, 3.05) is 18.4 Å². The van der Waals surface area contributed by atoms with Crippen LogP contribution in [0, 0.1) is 13.8 Å². The number of likely N-dealkylation sites (tertiary alicyclic amines) is 1. The summed E-state index contributed by atoms with van der Waals surface area (Å²) in [4.78, 5) is 22.9. The summed E-state index contributed by atoms with van der Waals surface area (Å²) in [7, 11) is 0. The summed E-state index contributed by atoms with van der Waals surface area (Å²) < 4.78 is 0. The first-order valence-electron chi connectivity index (χ1n) is 7.60. The minimum absolute atomic E-state index is 0.117. The van der Waals surface area contributed by atoms with E-state index in [-0.39, 0.29) is 5.91 Å². The molecule has 1 aliphatic heterocycles. The van der Waals surface area contributed by atoms with E-state index in [0.29, 0.717) is 5.95 Å². The van der Waals surface area contributed by atoms with Crippen LogP contribution in [0.4, 0.5) is 11.6 Å². The van der Waals surface area contributed by atoms with Crippen LogP contribution in [0.2, 0.25) is 0 Å². The monoisotopic (exact) mass is 296 g/mol. The zero-order valence-electron chi connectivity index (χ0n) is 13.0. The molecule has 0 bridgehead atoms. The second-order valence-electron chi connectivity index (χ2n) is 5.68. The van der Waals surface area contributed by atoms with Gasteiger partial charge >= 0.3 is 0 Å². The molecule has 1 fully saturated rings. The van der Waals surface area contributed by atoms with Crippen molar-refractivity contribution in [3.63, 3.8) is 0 Å². The number of benzene rings is 1. The third-order valence-corrected chi connectivity index (χ3v) is 3.76. The van der Waals surface area contributed by atoms with Crippen LogP contribution in [0.3, 0.4) is 0 Å². The Morgan fingerprint density at radius 2 is 1.64 bits per heavy atom. The molecule has 2 aromatic rings. The average Bonchev–Trinajstić information content (AvgIpc) is 3.00. The van der Waals surface area contributed by atoms with Crippen LogP contribution in [0.1, 0.15) is 34.6 Å². The van der Waals surface area contributed by atoms with Gasteiger partial charge in [0, 0.05) is 35.7 Å². The Morgan fingerprint density at radius 1 is 1.05 bits per heavy atom. The zero-order chi connectivity index (χ0) is 15.5. The maximum atomic E-state index is 12.3. The molecule has 1 aromatic heterocycles. The van der Waals surface area contributed by atoms with E-state index < -0.39 is 0 Å². The summed E-state index contributed by atoms with van der Waals surface area (Å²) in [6.07, 6.45) is 2.21. The number of hydrogen-bond acceptors (Lipinski definition) is 4. The van der Waals surface area contributed by atoms with E-state index in [1.807, 2.05) is 49.1 Å². The molecule has 0 radical (unpaired) electrons. The summed E-state index contributed by atoms with van der Waals surface area (Å²) in [5, 5.41) is 3.17. The molecule has 22 heavy (non-hydrogen) atoms. The number of nitrogens with zero attached hydrogens (tertiary/aromatic N) is 3. The molecular weight excluding hydrogens is 276 g/mol. The summed E-state index contributed by atoms with van der Waals surface area (Å²) >= 11 is 0. The molecule has 5 heteroatoms. The number of carbonyl (C=O) groups is 1. The lowest BCUT2D eigenvalue weighted by molar-refractivity contribution is 0.0793. The number of anilines is 2. The molecule has 3 rings (SSSR count). The topological polar surface area (TPSA) is 58.1 Å². The Morgan fingerprint density at radius 3 is 2.23 bits per heavy atom. The highest BCUT2D eigenvalue weighted by atomic mass is 16.2. The Balaban J connectivity index is 1.72. The van der Waals surface area contributed by atoms with E-state index in [1.54, 1.807) is 0 Å². The van der Waals surface area contributed by atoms with Crippen LogP contribution in [0.15, 0.2) is 30.3 Å². The number of amides is 1. The van der Waals surface area contributed by atoms with E-state index in [1.165, 1.54) is 0 Å². The molecule has 1 amide bonds. The molecule has 114 valence electrons. The van der Waals surface area contributed by atoms with Crippen LogP contribution in [0.5, 0.6) is 0 Å². The molecule has 0 unspecified atom stereocenters. The smallest absolute Gasteiger partial charge is 0.253 e. The predicted octanol–water partition coefficient (Wildman–Crippen LogP) is 3.07. The van der Waals surface area contributed by atoms with Gasteiger partial charge in [-0.15, -0.1) is 0 Å². The standard InChI is InChI=1S/C17H20N4O/c1-12-11-13(2)19-17(18-12)20-15-7-5-14(6-8-15)16(22)21-9-3-4-10-21/h5-8,11H,3-4,9-10H2,1-2H3,(H,18,19,20).